The summed E-state index contributed by atoms with van der Waals surface area (Å²) in [7, 11) is 0. The fourth-order valence-electron chi connectivity index (χ4n) is 5.35. The van der Waals surface area contributed by atoms with Crippen LogP contribution in [0, 0.1) is 19.8 Å². The SMILES string of the molecule is Cc1ccc(COc2ccc3nc(C4CCCCC4C(=O)O)n(Cc4ccc(OC(F)(F)F)cc4C)c3c2)nc1. The van der Waals surface area contributed by atoms with Crippen LogP contribution in [0.2, 0.25) is 0 Å². The van der Waals surface area contributed by atoms with E-state index in [9.17, 15) is 23.1 Å². The molecule has 0 aliphatic heterocycles. The van der Waals surface area contributed by atoms with Crippen LogP contribution in [0.25, 0.3) is 11.0 Å². The number of carbonyl (C=O) groups is 1. The Morgan fingerprint density at radius 3 is 2.52 bits per heavy atom. The summed E-state index contributed by atoms with van der Waals surface area (Å²) in [4.78, 5) is 21.4. The van der Waals surface area contributed by atoms with Gasteiger partial charge in [-0.05, 0) is 73.7 Å². The lowest BCUT2D eigenvalue weighted by atomic mass is 9.78. The number of halogens is 3. The predicted molar refractivity (Wildman–Crippen MR) is 142 cm³/mol. The molecular formula is C30H30F3N3O4. The van der Waals surface area contributed by atoms with E-state index < -0.39 is 18.2 Å². The Morgan fingerprint density at radius 1 is 1.05 bits per heavy atom. The van der Waals surface area contributed by atoms with E-state index in [0.717, 1.165) is 35.2 Å². The van der Waals surface area contributed by atoms with Crippen molar-refractivity contribution in [3.63, 3.8) is 0 Å². The number of fused-ring (bicyclic) bond motifs is 1. The molecule has 0 spiro atoms. The Kier molecular flexibility index (Phi) is 7.69. The number of rotatable bonds is 8. The Morgan fingerprint density at radius 2 is 1.82 bits per heavy atom. The van der Waals surface area contributed by atoms with Crippen molar-refractivity contribution in [2.75, 3.05) is 0 Å². The summed E-state index contributed by atoms with van der Waals surface area (Å²) in [6, 6.07) is 13.7. The highest BCUT2D eigenvalue weighted by Gasteiger charge is 2.35. The van der Waals surface area contributed by atoms with E-state index in [1.807, 2.05) is 41.8 Å². The van der Waals surface area contributed by atoms with Crippen molar-refractivity contribution in [1.29, 1.82) is 0 Å². The fraction of sp³-hybridized carbons (Fsp3) is 0.367. The second kappa shape index (κ2) is 11.2. The van der Waals surface area contributed by atoms with Crippen molar-refractivity contribution in [3.05, 3.63) is 82.9 Å². The Bertz CT molecular complexity index is 1520. The molecule has 0 amide bonds. The summed E-state index contributed by atoms with van der Waals surface area (Å²) in [6.07, 6.45) is 0.0128. The molecule has 4 aromatic rings. The minimum atomic E-state index is -4.78. The Balaban J connectivity index is 1.52. The molecule has 1 aliphatic rings. The number of carboxylic acids is 1. The average molecular weight is 554 g/mol. The molecule has 10 heteroatoms. The van der Waals surface area contributed by atoms with Gasteiger partial charge in [0, 0.05) is 24.7 Å². The van der Waals surface area contributed by atoms with E-state index in [4.69, 9.17) is 9.72 Å². The smallest absolute Gasteiger partial charge is 0.487 e. The quantitative estimate of drug-likeness (QED) is 0.255. The van der Waals surface area contributed by atoms with Gasteiger partial charge in [0.15, 0.2) is 0 Å². The molecule has 1 aliphatic carbocycles. The van der Waals surface area contributed by atoms with Gasteiger partial charge in [-0.25, -0.2) is 4.98 Å². The van der Waals surface area contributed by atoms with E-state index in [-0.39, 0.29) is 18.3 Å². The van der Waals surface area contributed by atoms with Crippen molar-refractivity contribution in [2.24, 2.45) is 5.92 Å². The van der Waals surface area contributed by atoms with Crippen LogP contribution in [-0.4, -0.2) is 32.0 Å². The minimum Gasteiger partial charge on any atom is -0.487 e. The number of pyridine rings is 1. The number of hydrogen-bond donors (Lipinski definition) is 1. The van der Waals surface area contributed by atoms with Gasteiger partial charge in [0.25, 0.3) is 0 Å². The number of aliphatic carboxylic acids is 1. The molecule has 2 unspecified atom stereocenters. The van der Waals surface area contributed by atoms with E-state index in [2.05, 4.69) is 9.72 Å². The summed E-state index contributed by atoms with van der Waals surface area (Å²) in [5, 5.41) is 9.96. The number of carboxylic acid groups (broad SMARTS) is 1. The zero-order chi connectivity index (χ0) is 28.4. The zero-order valence-corrected chi connectivity index (χ0v) is 22.2. The van der Waals surface area contributed by atoms with Crippen LogP contribution < -0.4 is 9.47 Å². The number of alkyl halides is 3. The first kappa shape index (κ1) is 27.5. The lowest BCUT2D eigenvalue weighted by molar-refractivity contribution is -0.274. The molecule has 2 aromatic heterocycles. The lowest BCUT2D eigenvalue weighted by Crippen LogP contribution is -2.28. The van der Waals surface area contributed by atoms with Crippen LogP contribution in [-0.2, 0) is 17.9 Å². The summed E-state index contributed by atoms with van der Waals surface area (Å²) >= 11 is 0. The molecule has 0 saturated heterocycles. The molecule has 5 rings (SSSR count). The van der Waals surface area contributed by atoms with Crippen molar-refractivity contribution in [2.45, 2.75) is 65.0 Å². The van der Waals surface area contributed by atoms with E-state index >= 15 is 0 Å². The molecule has 2 aromatic carbocycles. The Labute approximate surface area is 229 Å². The normalized spacial score (nSPS) is 17.6. The molecule has 2 heterocycles. The first-order chi connectivity index (χ1) is 19.1. The summed E-state index contributed by atoms with van der Waals surface area (Å²) in [6.45, 7) is 4.26. The van der Waals surface area contributed by atoms with Crippen molar-refractivity contribution < 1.29 is 32.5 Å². The number of hydrogen-bond acceptors (Lipinski definition) is 5. The molecular weight excluding hydrogens is 523 g/mol. The summed E-state index contributed by atoms with van der Waals surface area (Å²) in [5.74, 6) is -0.712. The van der Waals surface area contributed by atoms with Gasteiger partial charge in [-0.15, -0.1) is 13.2 Å². The molecule has 210 valence electrons. The first-order valence-corrected chi connectivity index (χ1v) is 13.2. The first-order valence-electron chi connectivity index (χ1n) is 13.2. The Hall–Kier alpha value is -4.08. The lowest BCUT2D eigenvalue weighted by Gasteiger charge is -2.28. The third kappa shape index (κ3) is 6.21. The van der Waals surface area contributed by atoms with E-state index in [1.165, 1.54) is 12.1 Å². The third-order valence-corrected chi connectivity index (χ3v) is 7.40. The van der Waals surface area contributed by atoms with Crippen LogP contribution in [0.5, 0.6) is 11.5 Å². The highest BCUT2D eigenvalue weighted by molar-refractivity contribution is 5.79. The van der Waals surface area contributed by atoms with E-state index in [1.54, 1.807) is 19.2 Å². The second-order valence-electron chi connectivity index (χ2n) is 10.3. The topological polar surface area (TPSA) is 86.5 Å². The van der Waals surface area contributed by atoms with Crippen molar-refractivity contribution >= 4 is 17.0 Å². The molecule has 1 fully saturated rings. The second-order valence-corrected chi connectivity index (χ2v) is 10.3. The molecule has 1 N–H and O–H groups in total. The van der Waals surface area contributed by atoms with Gasteiger partial charge in [-0.2, -0.15) is 0 Å². The number of ether oxygens (including phenoxy) is 2. The molecule has 40 heavy (non-hydrogen) atoms. The van der Waals surface area contributed by atoms with Crippen LogP contribution in [0.15, 0.2) is 54.7 Å². The standard InChI is InChI=1S/C30H30F3N3O4/c1-18-7-9-21(34-15-18)17-39-22-11-12-26-27(14-22)36(28(35-26)24-5-3-4-6-25(24)29(37)38)16-20-8-10-23(13-19(20)2)40-30(31,32)33/h7-15,24-25H,3-6,16-17H2,1-2H3,(H,37,38). The summed E-state index contributed by atoms with van der Waals surface area (Å²) < 4.78 is 50.3. The number of aryl methyl sites for hydroxylation is 2. The highest BCUT2D eigenvalue weighted by Crippen LogP contribution is 2.40. The van der Waals surface area contributed by atoms with Crippen LogP contribution in [0.3, 0.4) is 0 Å². The maximum Gasteiger partial charge on any atom is 0.573 e. The molecule has 0 bridgehead atoms. The predicted octanol–water partition coefficient (Wildman–Crippen LogP) is 6.93. The molecule has 2 atom stereocenters. The van der Waals surface area contributed by atoms with Gasteiger partial charge in [-0.3, -0.25) is 9.78 Å². The highest BCUT2D eigenvalue weighted by atomic mass is 19.4. The van der Waals surface area contributed by atoms with Crippen molar-refractivity contribution in [1.82, 2.24) is 14.5 Å². The van der Waals surface area contributed by atoms with Gasteiger partial charge < -0.3 is 19.1 Å². The van der Waals surface area contributed by atoms with Gasteiger partial charge in [0.05, 0.1) is 22.6 Å². The largest absolute Gasteiger partial charge is 0.573 e. The summed E-state index contributed by atoms with van der Waals surface area (Å²) in [5.41, 5.74) is 4.67. The van der Waals surface area contributed by atoms with Crippen LogP contribution in [0.1, 0.15) is 59.8 Å². The van der Waals surface area contributed by atoms with Crippen molar-refractivity contribution in [3.8, 4) is 11.5 Å². The number of benzene rings is 2. The zero-order valence-electron chi connectivity index (χ0n) is 22.2. The number of nitrogens with zero attached hydrogens (tertiary/aromatic N) is 3. The third-order valence-electron chi connectivity index (χ3n) is 7.40. The maximum atomic E-state index is 12.7. The molecule has 1 saturated carbocycles. The van der Waals surface area contributed by atoms with Gasteiger partial charge in [0.1, 0.15) is 23.9 Å². The number of imidazole rings is 1. The van der Waals surface area contributed by atoms with Crippen LogP contribution >= 0.6 is 0 Å². The monoisotopic (exact) mass is 553 g/mol. The average Bonchev–Trinajstić information content (AvgIpc) is 3.26. The van der Waals surface area contributed by atoms with E-state index in [0.29, 0.717) is 42.0 Å². The van der Waals surface area contributed by atoms with Gasteiger partial charge in [-0.1, -0.05) is 25.0 Å². The van der Waals surface area contributed by atoms with Gasteiger partial charge in [0.2, 0.25) is 0 Å². The maximum absolute atomic E-state index is 12.7. The molecule has 0 radical (unpaired) electrons. The minimum absolute atomic E-state index is 0.274. The fourth-order valence-corrected chi connectivity index (χ4v) is 5.35. The number of aromatic nitrogens is 3. The molecule has 7 nitrogen and oxygen atoms in total. The van der Waals surface area contributed by atoms with Crippen LogP contribution in [0.4, 0.5) is 13.2 Å². The van der Waals surface area contributed by atoms with Gasteiger partial charge >= 0.3 is 12.3 Å².